The molecule has 1 fully saturated rings. The molecule has 0 bridgehead atoms. The Morgan fingerprint density at radius 2 is 2.12 bits per heavy atom. The number of likely N-dealkylation sites (N-methyl/N-ethyl adjacent to an activating group) is 1. The summed E-state index contributed by atoms with van der Waals surface area (Å²) in [4.78, 5) is 15.6. The molecule has 1 aliphatic rings. The van der Waals surface area contributed by atoms with Gasteiger partial charge in [-0.25, -0.2) is 4.98 Å². The lowest BCUT2D eigenvalue weighted by Crippen LogP contribution is -2.51. The van der Waals surface area contributed by atoms with E-state index in [4.69, 9.17) is 5.73 Å². The third kappa shape index (κ3) is 4.29. The Morgan fingerprint density at radius 3 is 2.68 bits per heavy atom. The second-order valence-corrected chi connectivity index (χ2v) is 7.29. The van der Waals surface area contributed by atoms with Gasteiger partial charge in [0.2, 0.25) is 0 Å². The second-order valence-electron chi connectivity index (χ2n) is 6.41. The number of aliphatic imine (C=N–C) groups is 1. The summed E-state index contributed by atoms with van der Waals surface area (Å²) in [5.74, 6) is 0.620. The third-order valence-corrected chi connectivity index (χ3v) is 5.28. The van der Waals surface area contributed by atoms with Crippen LogP contribution in [0.25, 0.3) is 0 Å². The average molecular weight is 363 g/mol. The van der Waals surface area contributed by atoms with Crippen molar-refractivity contribution in [1.82, 2.24) is 24.6 Å². The summed E-state index contributed by atoms with van der Waals surface area (Å²) < 4.78 is 1.82. The van der Waals surface area contributed by atoms with Gasteiger partial charge in [0.15, 0.2) is 11.1 Å². The number of thiazole rings is 1. The Labute approximate surface area is 152 Å². The van der Waals surface area contributed by atoms with Crippen molar-refractivity contribution in [3.05, 3.63) is 29.5 Å². The van der Waals surface area contributed by atoms with E-state index >= 15 is 0 Å². The number of guanidine groups is 1. The molecule has 136 valence electrons. The fraction of sp³-hybridized carbons (Fsp3) is 0.562. The van der Waals surface area contributed by atoms with Gasteiger partial charge in [-0.2, -0.15) is 5.10 Å². The van der Waals surface area contributed by atoms with Crippen molar-refractivity contribution < 1.29 is 0 Å². The second kappa shape index (κ2) is 7.83. The molecule has 1 aliphatic heterocycles. The maximum Gasteiger partial charge on any atom is 0.191 e. The lowest BCUT2D eigenvalue weighted by molar-refractivity contribution is 0.304. The molecule has 9 heteroatoms. The summed E-state index contributed by atoms with van der Waals surface area (Å²) in [6.07, 6.45) is 5.77. The van der Waals surface area contributed by atoms with Crippen molar-refractivity contribution in [2.45, 2.75) is 6.04 Å². The molecular weight excluding hydrogens is 336 g/mol. The van der Waals surface area contributed by atoms with Gasteiger partial charge >= 0.3 is 0 Å². The first kappa shape index (κ1) is 17.7. The Kier molecular flexibility index (Phi) is 5.54. The van der Waals surface area contributed by atoms with E-state index in [1.165, 1.54) is 0 Å². The van der Waals surface area contributed by atoms with Crippen LogP contribution in [0.2, 0.25) is 0 Å². The van der Waals surface area contributed by atoms with Crippen LogP contribution in [0.4, 0.5) is 5.13 Å². The molecule has 3 heterocycles. The Bertz CT molecular complexity index is 685. The number of aryl methyl sites for hydroxylation is 1. The van der Waals surface area contributed by atoms with Gasteiger partial charge in [-0.05, 0) is 14.1 Å². The van der Waals surface area contributed by atoms with E-state index in [2.05, 4.69) is 43.9 Å². The van der Waals surface area contributed by atoms with E-state index in [1.54, 1.807) is 11.3 Å². The summed E-state index contributed by atoms with van der Waals surface area (Å²) in [5.41, 5.74) is 7.40. The molecule has 0 amide bonds. The summed E-state index contributed by atoms with van der Waals surface area (Å²) >= 11 is 1.68. The van der Waals surface area contributed by atoms with Gasteiger partial charge in [0.1, 0.15) is 0 Å². The van der Waals surface area contributed by atoms with Crippen molar-refractivity contribution in [1.29, 1.82) is 0 Å². The molecule has 2 aromatic rings. The highest BCUT2D eigenvalue weighted by molar-refractivity contribution is 7.13. The third-order valence-electron chi connectivity index (χ3n) is 4.45. The van der Waals surface area contributed by atoms with Gasteiger partial charge in [-0.3, -0.25) is 9.67 Å². The summed E-state index contributed by atoms with van der Waals surface area (Å²) in [5, 5.41) is 7.35. The normalized spacial score (nSPS) is 17.4. The number of piperazine rings is 1. The van der Waals surface area contributed by atoms with E-state index in [-0.39, 0.29) is 6.04 Å². The molecule has 2 aromatic heterocycles. The van der Waals surface area contributed by atoms with Crippen LogP contribution in [0, 0.1) is 0 Å². The molecule has 1 saturated heterocycles. The average Bonchev–Trinajstić information content (AvgIpc) is 3.27. The molecule has 0 spiro atoms. The van der Waals surface area contributed by atoms with Gasteiger partial charge < -0.3 is 20.4 Å². The van der Waals surface area contributed by atoms with Crippen LogP contribution in [-0.4, -0.2) is 77.3 Å². The number of rotatable bonds is 5. The molecule has 8 nitrogen and oxygen atoms in total. The molecule has 1 atom stereocenters. The largest absolute Gasteiger partial charge is 0.370 e. The van der Waals surface area contributed by atoms with E-state index in [9.17, 15) is 0 Å². The number of nitrogens with two attached hydrogens (primary N) is 1. The zero-order valence-corrected chi connectivity index (χ0v) is 15.9. The molecule has 2 N–H and O–H groups in total. The predicted octanol–water partition coefficient (Wildman–Crippen LogP) is 0.616. The Balaban J connectivity index is 1.58. The highest BCUT2D eigenvalue weighted by atomic mass is 32.1. The minimum absolute atomic E-state index is 0.170. The monoisotopic (exact) mass is 362 g/mol. The standard InChI is InChI=1S/C16H26N8S/c1-21(2)14(13-10-20-22(3)12-13)11-19-15(17)23-5-7-24(8-6-23)16-18-4-9-25-16/h4,9-10,12,14H,5-8,11H2,1-3H3,(H2,17,19). The first-order valence-electron chi connectivity index (χ1n) is 8.39. The summed E-state index contributed by atoms with van der Waals surface area (Å²) in [6, 6.07) is 0.170. The SMILES string of the molecule is CN(C)C(CN=C(N)N1CCN(c2nccs2)CC1)c1cnn(C)c1. The predicted molar refractivity (Wildman–Crippen MR) is 102 cm³/mol. The van der Waals surface area contributed by atoms with Crippen LogP contribution in [0.1, 0.15) is 11.6 Å². The van der Waals surface area contributed by atoms with Crippen LogP contribution in [0.5, 0.6) is 0 Å². The molecular formula is C16H26N8S. The fourth-order valence-electron chi connectivity index (χ4n) is 2.96. The first-order chi connectivity index (χ1) is 12.0. The van der Waals surface area contributed by atoms with Gasteiger partial charge in [0.05, 0.1) is 18.8 Å². The molecule has 0 radical (unpaired) electrons. The van der Waals surface area contributed by atoms with Gasteiger partial charge in [0.25, 0.3) is 0 Å². The van der Waals surface area contributed by atoms with Crippen LogP contribution in [-0.2, 0) is 7.05 Å². The van der Waals surface area contributed by atoms with Crippen molar-refractivity contribution in [2.75, 3.05) is 51.7 Å². The van der Waals surface area contributed by atoms with E-state index in [1.807, 2.05) is 35.7 Å². The molecule has 0 saturated carbocycles. The maximum absolute atomic E-state index is 6.25. The smallest absolute Gasteiger partial charge is 0.191 e. The molecule has 0 aromatic carbocycles. The molecule has 0 aliphatic carbocycles. The first-order valence-corrected chi connectivity index (χ1v) is 9.27. The van der Waals surface area contributed by atoms with E-state index in [0.29, 0.717) is 12.5 Å². The van der Waals surface area contributed by atoms with Crippen molar-refractivity contribution in [3.63, 3.8) is 0 Å². The number of aromatic nitrogens is 3. The number of anilines is 1. The van der Waals surface area contributed by atoms with Gasteiger partial charge in [-0.1, -0.05) is 0 Å². The van der Waals surface area contributed by atoms with Gasteiger partial charge in [-0.15, -0.1) is 11.3 Å². The topological polar surface area (TPSA) is 78.8 Å². The van der Waals surface area contributed by atoms with Gasteiger partial charge in [0, 0.05) is 56.6 Å². The maximum atomic E-state index is 6.25. The highest BCUT2D eigenvalue weighted by Crippen LogP contribution is 2.20. The van der Waals surface area contributed by atoms with E-state index < -0.39 is 0 Å². The zero-order valence-electron chi connectivity index (χ0n) is 15.0. The summed E-state index contributed by atoms with van der Waals surface area (Å²) in [6.45, 7) is 4.20. The van der Waals surface area contributed by atoms with Crippen LogP contribution in [0.15, 0.2) is 29.0 Å². The molecule has 3 rings (SSSR count). The molecule has 25 heavy (non-hydrogen) atoms. The van der Waals surface area contributed by atoms with Crippen LogP contribution < -0.4 is 10.6 Å². The molecule has 1 unspecified atom stereocenters. The lowest BCUT2D eigenvalue weighted by atomic mass is 10.1. The highest BCUT2D eigenvalue weighted by Gasteiger charge is 2.21. The number of hydrogen-bond acceptors (Lipinski definition) is 6. The quantitative estimate of drug-likeness (QED) is 0.620. The van der Waals surface area contributed by atoms with Crippen LogP contribution >= 0.6 is 11.3 Å². The van der Waals surface area contributed by atoms with E-state index in [0.717, 1.165) is 36.9 Å². The number of nitrogens with zero attached hydrogens (tertiary/aromatic N) is 7. The fourth-order valence-corrected chi connectivity index (χ4v) is 3.65. The lowest BCUT2D eigenvalue weighted by Gasteiger charge is -2.35. The Hall–Kier alpha value is -2.13. The van der Waals surface area contributed by atoms with Crippen molar-refractivity contribution in [2.24, 2.45) is 17.8 Å². The number of hydrogen-bond donors (Lipinski definition) is 1. The minimum atomic E-state index is 0.170. The minimum Gasteiger partial charge on any atom is -0.370 e. The van der Waals surface area contributed by atoms with Crippen LogP contribution in [0.3, 0.4) is 0 Å². The van der Waals surface area contributed by atoms with Crippen molar-refractivity contribution in [3.8, 4) is 0 Å². The Morgan fingerprint density at radius 1 is 1.36 bits per heavy atom. The zero-order chi connectivity index (χ0) is 17.8. The van der Waals surface area contributed by atoms with Crippen molar-refractivity contribution >= 4 is 22.4 Å². The summed E-state index contributed by atoms with van der Waals surface area (Å²) in [7, 11) is 6.03.